The topological polar surface area (TPSA) is 52.6 Å². The number of halogens is 1. The minimum absolute atomic E-state index is 0. The monoisotopic (exact) mass is 499 g/mol. The van der Waals surface area contributed by atoms with Crippen molar-refractivity contribution in [2.75, 3.05) is 31.1 Å². The van der Waals surface area contributed by atoms with Crippen LogP contribution in [0.1, 0.15) is 36.6 Å². The summed E-state index contributed by atoms with van der Waals surface area (Å²) in [6, 6.07) is 8.53. The Morgan fingerprint density at radius 2 is 1.93 bits per heavy atom. The summed E-state index contributed by atoms with van der Waals surface area (Å²) in [7, 11) is 0. The van der Waals surface area contributed by atoms with E-state index in [1.807, 2.05) is 0 Å². The molecule has 0 bridgehead atoms. The standard InChI is InChI=1S/C20H29N5S.HI/c1-3-21-19(23-14-17-8-6-16(2)7-9-17)22-11-10-18-15-26-20(24-18)25-12-4-5-13-25;/h6-9,15H,3-5,10-14H2,1-2H3,(H2,21,22,23);1H. The van der Waals surface area contributed by atoms with Crippen LogP contribution in [0.25, 0.3) is 0 Å². The van der Waals surface area contributed by atoms with E-state index in [4.69, 9.17) is 4.98 Å². The Hall–Kier alpha value is -1.35. The summed E-state index contributed by atoms with van der Waals surface area (Å²) in [4.78, 5) is 11.9. The van der Waals surface area contributed by atoms with Gasteiger partial charge in [0, 0.05) is 38.0 Å². The summed E-state index contributed by atoms with van der Waals surface area (Å²) >= 11 is 1.77. The zero-order valence-corrected chi connectivity index (χ0v) is 19.3. The second kappa shape index (κ2) is 11.5. The number of rotatable bonds is 7. The third kappa shape index (κ3) is 6.95. The van der Waals surface area contributed by atoms with Crippen molar-refractivity contribution in [3.05, 3.63) is 46.5 Å². The summed E-state index contributed by atoms with van der Waals surface area (Å²) in [5.74, 6) is 0.864. The first-order chi connectivity index (χ1) is 12.7. The van der Waals surface area contributed by atoms with Gasteiger partial charge in [-0.15, -0.1) is 35.3 Å². The number of nitrogens with zero attached hydrogens (tertiary/aromatic N) is 3. The molecule has 2 N–H and O–H groups in total. The third-order valence-electron chi connectivity index (χ3n) is 4.47. The van der Waals surface area contributed by atoms with Crippen LogP contribution in [0.3, 0.4) is 0 Å². The van der Waals surface area contributed by atoms with E-state index in [2.05, 4.69) is 64.0 Å². The zero-order valence-electron chi connectivity index (χ0n) is 16.2. The molecule has 1 fully saturated rings. The van der Waals surface area contributed by atoms with E-state index in [0.29, 0.717) is 6.54 Å². The molecule has 0 spiro atoms. The van der Waals surface area contributed by atoms with Gasteiger partial charge in [0.1, 0.15) is 0 Å². The lowest BCUT2D eigenvalue weighted by Gasteiger charge is -2.12. The van der Waals surface area contributed by atoms with Crippen LogP contribution >= 0.6 is 35.3 Å². The molecule has 0 saturated carbocycles. The highest BCUT2D eigenvalue weighted by atomic mass is 127. The number of guanidine groups is 1. The molecule has 0 amide bonds. The predicted molar refractivity (Wildman–Crippen MR) is 127 cm³/mol. The van der Waals surface area contributed by atoms with Gasteiger partial charge in [0.05, 0.1) is 12.2 Å². The third-order valence-corrected chi connectivity index (χ3v) is 5.42. The number of aliphatic imine (C=N–C) groups is 1. The van der Waals surface area contributed by atoms with E-state index in [-0.39, 0.29) is 24.0 Å². The highest BCUT2D eigenvalue weighted by Crippen LogP contribution is 2.24. The molecule has 3 rings (SSSR count). The Labute approximate surface area is 183 Å². The van der Waals surface area contributed by atoms with E-state index in [9.17, 15) is 0 Å². The molecule has 0 radical (unpaired) electrons. The number of nitrogens with one attached hydrogen (secondary N) is 2. The molecule has 1 aromatic heterocycles. The van der Waals surface area contributed by atoms with Gasteiger partial charge >= 0.3 is 0 Å². The van der Waals surface area contributed by atoms with Crippen molar-refractivity contribution in [1.82, 2.24) is 15.6 Å². The molecule has 2 heterocycles. The predicted octanol–water partition coefficient (Wildman–Crippen LogP) is 3.97. The summed E-state index contributed by atoms with van der Waals surface area (Å²) in [6.07, 6.45) is 3.50. The normalized spacial score (nSPS) is 14.1. The molecule has 1 aliphatic heterocycles. The fourth-order valence-corrected chi connectivity index (χ4v) is 3.89. The Balaban J connectivity index is 0.00000261. The van der Waals surface area contributed by atoms with E-state index in [1.54, 1.807) is 11.3 Å². The van der Waals surface area contributed by atoms with Crippen LogP contribution in [-0.2, 0) is 13.0 Å². The Morgan fingerprint density at radius 3 is 2.63 bits per heavy atom. The molecule has 1 saturated heterocycles. The van der Waals surface area contributed by atoms with Crippen molar-refractivity contribution >= 4 is 46.4 Å². The SMILES string of the molecule is CCNC(=NCc1ccc(C)cc1)NCCc1csc(N2CCCC2)n1.I. The number of aromatic nitrogens is 1. The first kappa shape index (κ1) is 21.9. The molecule has 7 heteroatoms. The Bertz CT molecular complexity index is 707. The highest BCUT2D eigenvalue weighted by Gasteiger charge is 2.15. The van der Waals surface area contributed by atoms with Gasteiger partial charge in [-0.3, -0.25) is 0 Å². The second-order valence-corrected chi connectivity index (χ2v) is 7.51. The fraction of sp³-hybridized carbons (Fsp3) is 0.500. The number of aryl methyl sites for hydroxylation is 1. The van der Waals surface area contributed by atoms with Gasteiger partial charge in [-0.1, -0.05) is 29.8 Å². The number of hydrogen-bond acceptors (Lipinski definition) is 4. The van der Waals surface area contributed by atoms with E-state index >= 15 is 0 Å². The number of thiazole rings is 1. The van der Waals surface area contributed by atoms with Gasteiger partial charge in [-0.2, -0.15) is 0 Å². The Morgan fingerprint density at radius 1 is 1.19 bits per heavy atom. The average Bonchev–Trinajstić information content (AvgIpc) is 3.32. The van der Waals surface area contributed by atoms with Crippen molar-refractivity contribution in [1.29, 1.82) is 0 Å². The van der Waals surface area contributed by atoms with Crippen molar-refractivity contribution < 1.29 is 0 Å². The maximum absolute atomic E-state index is 4.78. The quantitative estimate of drug-likeness (QED) is 0.344. The lowest BCUT2D eigenvalue weighted by molar-refractivity contribution is 0.789. The van der Waals surface area contributed by atoms with Crippen molar-refractivity contribution in [2.24, 2.45) is 4.99 Å². The van der Waals surface area contributed by atoms with Crippen LogP contribution in [0, 0.1) is 6.92 Å². The van der Waals surface area contributed by atoms with Gasteiger partial charge in [0.25, 0.3) is 0 Å². The Kier molecular flexibility index (Phi) is 9.33. The first-order valence-corrected chi connectivity index (χ1v) is 10.4. The second-order valence-electron chi connectivity index (χ2n) is 6.67. The van der Waals surface area contributed by atoms with Crippen molar-refractivity contribution in [3.63, 3.8) is 0 Å². The minimum atomic E-state index is 0. The molecule has 0 atom stereocenters. The highest BCUT2D eigenvalue weighted by molar-refractivity contribution is 14.0. The van der Waals surface area contributed by atoms with Crippen LogP contribution in [0.15, 0.2) is 34.6 Å². The van der Waals surface area contributed by atoms with Crippen molar-refractivity contribution in [3.8, 4) is 0 Å². The fourth-order valence-electron chi connectivity index (χ4n) is 2.98. The molecule has 1 aliphatic rings. The van der Waals surface area contributed by atoms with Crippen LogP contribution < -0.4 is 15.5 Å². The molecule has 1 aromatic carbocycles. The van der Waals surface area contributed by atoms with Gasteiger partial charge in [0.2, 0.25) is 0 Å². The lowest BCUT2D eigenvalue weighted by Crippen LogP contribution is -2.38. The van der Waals surface area contributed by atoms with Gasteiger partial charge in [-0.05, 0) is 32.3 Å². The van der Waals surface area contributed by atoms with Gasteiger partial charge in [0.15, 0.2) is 11.1 Å². The molecule has 27 heavy (non-hydrogen) atoms. The maximum atomic E-state index is 4.78. The average molecular weight is 499 g/mol. The number of anilines is 1. The number of hydrogen-bond donors (Lipinski definition) is 2. The summed E-state index contributed by atoms with van der Waals surface area (Å²) in [5, 5.41) is 10.1. The maximum Gasteiger partial charge on any atom is 0.191 e. The first-order valence-electron chi connectivity index (χ1n) is 9.51. The summed E-state index contributed by atoms with van der Waals surface area (Å²) in [6.45, 7) is 8.88. The van der Waals surface area contributed by atoms with Crippen molar-refractivity contribution in [2.45, 2.75) is 39.7 Å². The summed E-state index contributed by atoms with van der Waals surface area (Å²) < 4.78 is 0. The van der Waals surface area contributed by atoms with Crippen LogP contribution in [-0.4, -0.2) is 37.1 Å². The van der Waals surface area contributed by atoms with Crippen LogP contribution in [0.2, 0.25) is 0 Å². The minimum Gasteiger partial charge on any atom is -0.357 e. The number of benzene rings is 1. The largest absolute Gasteiger partial charge is 0.357 e. The van der Waals surface area contributed by atoms with Crippen LogP contribution in [0.4, 0.5) is 5.13 Å². The molecule has 2 aromatic rings. The molecular formula is C20H30IN5S. The van der Waals surface area contributed by atoms with Crippen LogP contribution in [0.5, 0.6) is 0 Å². The zero-order chi connectivity index (χ0) is 18.2. The van der Waals surface area contributed by atoms with Gasteiger partial charge < -0.3 is 15.5 Å². The lowest BCUT2D eigenvalue weighted by atomic mass is 10.1. The van der Waals surface area contributed by atoms with E-state index in [0.717, 1.165) is 38.6 Å². The van der Waals surface area contributed by atoms with E-state index in [1.165, 1.54) is 34.8 Å². The van der Waals surface area contributed by atoms with Gasteiger partial charge in [-0.25, -0.2) is 9.98 Å². The molecule has 0 aliphatic carbocycles. The molecule has 5 nitrogen and oxygen atoms in total. The summed E-state index contributed by atoms with van der Waals surface area (Å²) in [5.41, 5.74) is 3.67. The molecule has 148 valence electrons. The van der Waals surface area contributed by atoms with E-state index < -0.39 is 0 Å². The molecule has 0 unspecified atom stereocenters. The smallest absolute Gasteiger partial charge is 0.191 e. The molecular weight excluding hydrogens is 469 g/mol.